The average Bonchev–Trinajstić information content (AvgIpc) is 2.96. The Morgan fingerprint density at radius 3 is 2.45 bits per heavy atom. The van der Waals surface area contributed by atoms with E-state index in [9.17, 15) is 9.59 Å². The molecule has 4 rings (SSSR count). The molecule has 0 aliphatic carbocycles. The fraction of sp³-hybridized carbons (Fsp3) is 0.200. The number of para-hydroxylation sites is 1. The first-order chi connectivity index (χ1) is 20.3. The van der Waals surface area contributed by atoms with Crippen molar-refractivity contribution in [3.05, 3.63) is 105 Å². The maximum Gasteiger partial charge on any atom is 0.338 e. The van der Waals surface area contributed by atoms with Crippen molar-refractivity contribution in [2.24, 2.45) is 5.10 Å². The van der Waals surface area contributed by atoms with Crippen LogP contribution in [0.5, 0.6) is 11.5 Å². The maximum atomic E-state index is 12.7. The van der Waals surface area contributed by atoms with Gasteiger partial charge in [-0.05, 0) is 55.4 Å². The van der Waals surface area contributed by atoms with Gasteiger partial charge in [-0.1, -0.05) is 71.7 Å². The van der Waals surface area contributed by atoms with Gasteiger partial charge in [-0.25, -0.2) is 10.2 Å². The molecule has 12 heteroatoms. The Bertz CT molecular complexity index is 1510. The van der Waals surface area contributed by atoms with Crippen molar-refractivity contribution in [2.45, 2.75) is 26.5 Å². The van der Waals surface area contributed by atoms with Crippen molar-refractivity contribution in [2.75, 3.05) is 13.2 Å². The van der Waals surface area contributed by atoms with Gasteiger partial charge in [0, 0.05) is 11.3 Å². The third kappa shape index (κ3) is 8.00. The first-order valence-corrected chi connectivity index (χ1v) is 14.1. The molecule has 0 aromatic heterocycles. The lowest BCUT2D eigenvalue weighted by Gasteiger charge is -2.30. The molecule has 0 saturated carbocycles. The van der Waals surface area contributed by atoms with E-state index in [1.54, 1.807) is 50.2 Å². The Balaban J connectivity index is 1.38. The van der Waals surface area contributed by atoms with E-state index in [4.69, 9.17) is 49.6 Å². The van der Waals surface area contributed by atoms with E-state index in [0.29, 0.717) is 55.7 Å². The minimum Gasteiger partial charge on any atom is -0.486 e. The van der Waals surface area contributed by atoms with Crippen molar-refractivity contribution >= 4 is 58.6 Å². The van der Waals surface area contributed by atoms with Gasteiger partial charge in [0.25, 0.3) is 5.91 Å². The lowest BCUT2D eigenvalue weighted by molar-refractivity contribution is -0.139. The summed E-state index contributed by atoms with van der Waals surface area (Å²) >= 11 is 18.1. The van der Waals surface area contributed by atoms with Crippen LogP contribution in [0.2, 0.25) is 10.0 Å². The van der Waals surface area contributed by atoms with Gasteiger partial charge in [-0.2, -0.15) is 5.10 Å². The highest BCUT2D eigenvalue weighted by Crippen LogP contribution is 2.35. The van der Waals surface area contributed by atoms with E-state index in [2.05, 4.69) is 21.2 Å². The molecule has 1 aliphatic heterocycles. The normalized spacial score (nSPS) is 14.7. The smallest absolute Gasteiger partial charge is 0.338 e. The number of thiocarbonyl (C=S) groups is 1. The molecular formula is C30H28Cl2N4O5S. The van der Waals surface area contributed by atoms with Crippen LogP contribution < -0.4 is 25.5 Å². The average molecular weight is 628 g/mol. The van der Waals surface area contributed by atoms with Crippen LogP contribution in [-0.2, 0) is 20.9 Å². The molecule has 218 valence electrons. The number of nitrogens with zero attached hydrogens (tertiary/aromatic N) is 1. The van der Waals surface area contributed by atoms with Crippen molar-refractivity contribution < 1.29 is 23.8 Å². The van der Waals surface area contributed by atoms with Crippen molar-refractivity contribution in [1.82, 2.24) is 16.1 Å². The minimum atomic E-state index is -0.635. The molecule has 1 aliphatic rings. The Hall–Kier alpha value is -4.12. The molecule has 0 saturated heterocycles. The number of esters is 1. The third-order valence-corrected chi connectivity index (χ3v) is 6.78. The molecular weight excluding hydrogens is 599 g/mol. The largest absolute Gasteiger partial charge is 0.486 e. The molecule has 0 bridgehead atoms. The first kappa shape index (κ1) is 30.8. The predicted octanol–water partition coefficient (Wildman–Crippen LogP) is 5.46. The number of carbonyl (C=O) groups is 2. The summed E-state index contributed by atoms with van der Waals surface area (Å²) in [7, 11) is 0. The van der Waals surface area contributed by atoms with E-state index < -0.39 is 17.9 Å². The fourth-order valence-corrected chi connectivity index (χ4v) is 5.02. The highest BCUT2D eigenvalue weighted by Gasteiger charge is 2.32. The number of rotatable bonds is 11. The van der Waals surface area contributed by atoms with Crippen LogP contribution in [0.3, 0.4) is 0 Å². The molecule has 9 nitrogen and oxygen atoms in total. The van der Waals surface area contributed by atoms with E-state index in [0.717, 1.165) is 5.56 Å². The van der Waals surface area contributed by atoms with Gasteiger partial charge >= 0.3 is 5.97 Å². The van der Waals surface area contributed by atoms with Gasteiger partial charge in [0.1, 0.15) is 12.4 Å². The van der Waals surface area contributed by atoms with Crippen LogP contribution in [0.4, 0.5) is 0 Å². The van der Waals surface area contributed by atoms with Crippen LogP contribution in [0.15, 0.2) is 83.1 Å². The van der Waals surface area contributed by atoms with Gasteiger partial charge in [0.15, 0.2) is 17.5 Å². The summed E-state index contributed by atoms with van der Waals surface area (Å²) in [5.41, 5.74) is 5.50. The number of nitrogens with one attached hydrogen (secondary N) is 3. The number of amides is 1. The molecule has 1 heterocycles. The topological polar surface area (TPSA) is 110 Å². The zero-order valence-electron chi connectivity index (χ0n) is 22.8. The Labute approximate surface area is 258 Å². The molecule has 0 unspecified atom stereocenters. The molecule has 0 fully saturated rings. The summed E-state index contributed by atoms with van der Waals surface area (Å²) < 4.78 is 16.8. The lowest BCUT2D eigenvalue weighted by Crippen LogP contribution is -2.45. The number of halogens is 2. The second-order valence-electron chi connectivity index (χ2n) is 9.00. The summed E-state index contributed by atoms with van der Waals surface area (Å²) in [6.45, 7) is 3.67. The number of carbonyl (C=O) groups excluding carboxylic acids is 2. The fourth-order valence-electron chi connectivity index (χ4n) is 4.13. The second-order valence-corrected chi connectivity index (χ2v) is 10.2. The van der Waals surface area contributed by atoms with Crippen molar-refractivity contribution in [1.29, 1.82) is 0 Å². The molecule has 1 amide bonds. The highest BCUT2D eigenvalue weighted by molar-refractivity contribution is 7.80. The Morgan fingerprint density at radius 2 is 1.74 bits per heavy atom. The summed E-state index contributed by atoms with van der Waals surface area (Å²) in [4.78, 5) is 25.2. The second kappa shape index (κ2) is 14.7. The zero-order chi connectivity index (χ0) is 30.1. The molecule has 3 aromatic carbocycles. The monoisotopic (exact) mass is 626 g/mol. The highest BCUT2D eigenvalue weighted by atomic mass is 35.5. The van der Waals surface area contributed by atoms with Crippen molar-refractivity contribution in [3.8, 4) is 11.5 Å². The summed E-state index contributed by atoms with van der Waals surface area (Å²) in [6.07, 6.45) is 1.41. The van der Waals surface area contributed by atoms with Crippen LogP contribution in [0, 0.1) is 0 Å². The predicted molar refractivity (Wildman–Crippen MR) is 166 cm³/mol. The number of hydrazone groups is 1. The molecule has 1 atom stereocenters. The number of hydrogen-bond donors (Lipinski definition) is 3. The van der Waals surface area contributed by atoms with Gasteiger partial charge in [0.05, 0.1) is 34.5 Å². The molecule has 42 heavy (non-hydrogen) atoms. The minimum absolute atomic E-state index is 0.218. The number of hydrogen-bond acceptors (Lipinski definition) is 7. The van der Waals surface area contributed by atoms with E-state index in [-0.39, 0.29) is 13.2 Å². The molecule has 3 N–H and O–H groups in total. The van der Waals surface area contributed by atoms with Gasteiger partial charge in [-0.15, -0.1) is 0 Å². The standard InChI is InChI=1S/C30H28Cl2N4O5S/c1-3-39-29(38)26-18(2)34-30(42)35-27(26)21-11-7-8-12-24(21)40-17-25(37)36-33-15-20-13-22(31)28(23(32)14-20)41-16-19-9-5-4-6-10-19/h4-15,27H,3,16-17H2,1-2H3,(H,36,37)(H2,34,35,42)/t27-/m0/s1. The Kier molecular flexibility index (Phi) is 10.8. The van der Waals surface area contributed by atoms with Gasteiger partial charge in [0.2, 0.25) is 0 Å². The van der Waals surface area contributed by atoms with Gasteiger partial charge < -0.3 is 24.8 Å². The van der Waals surface area contributed by atoms with E-state index in [1.165, 1.54) is 6.21 Å². The summed E-state index contributed by atoms with van der Waals surface area (Å²) in [5, 5.41) is 11.0. The zero-order valence-corrected chi connectivity index (χ0v) is 25.1. The van der Waals surface area contributed by atoms with Gasteiger partial charge in [-0.3, -0.25) is 4.79 Å². The SMILES string of the molecule is CCOC(=O)C1=C(C)NC(=S)N[C@H]1c1ccccc1OCC(=O)NN=Cc1cc(Cl)c(OCc2ccccc2)c(Cl)c1. The Morgan fingerprint density at radius 1 is 1.05 bits per heavy atom. The number of benzene rings is 3. The number of allylic oxidation sites excluding steroid dienone is 1. The maximum absolute atomic E-state index is 12.7. The van der Waals surface area contributed by atoms with Crippen LogP contribution in [-0.4, -0.2) is 36.4 Å². The van der Waals surface area contributed by atoms with Crippen LogP contribution in [0.1, 0.15) is 36.6 Å². The third-order valence-electron chi connectivity index (χ3n) is 6.00. The van der Waals surface area contributed by atoms with Crippen LogP contribution in [0.25, 0.3) is 0 Å². The first-order valence-electron chi connectivity index (χ1n) is 12.9. The quantitative estimate of drug-likeness (QED) is 0.111. The summed E-state index contributed by atoms with van der Waals surface area (Å²) in [6, 6.07) is 19.3. The molecule has 3 aromatic rings. The van der Waals surface area contributed by atoms with Crippen LogP contribution >= 0.6 is 35.4 Å². The van der Waals surface area contributed by atoms with E-state index >= 15 is 0 Å². The van der Waals surface area contributed by atoms with Crippen molar-refractivity contribution in [3.63, 3.8) is 0 Å². The summed E-state index contributed by atoms with van der Waals surface area (Å²) in [5.74, 6) is -0.249. The lowest BCUT2D eigenvalue weighted by atomic mass is 9.95. The molecule has 0 spiro atoms. The number of ether oxygens (including phenoxy) is 3. The van der Waals surface area contributed by atoms with E-state index in [1.807, 2.05) is 30.3 Å². The molecule has 0 radical (unpaired) electrons.